The van der Waals surface area contributed by atoms with E-state index >= 15 is 0 Å². The summed E-state index contributed by atoms with van der Waals surface area (Å²) in [6, 6.07) is 8.34. The van der Waals surface area contributed by atoms with E-state index in [2.05, 4.69) is 31.9 Å². The first kappa shape index (κ1) is 12.6. The van der Waals surface area contributed by atoms with Crippen molar-refractivity contribution >= 4 is 11.5 Å². The molecule has 0 fully saturated rings. The third kappa shape index (κ3) is 2.99. The zero-order valence-corrected chi connectivity index (χ0v) is 10.3. The van der Waals surface area contributed by atoms with E-state index in [0.29, 0.717) is 6.04 Å². The molecule has 3 nitrogen and oxygen atoms in total. The Morgan fingerprint density at radius 3 is 2.75 bits per heavy atom. The fraction of sp³-hybridized carbons (Fsp3) is 0.462. The summed E-state index contributed by atoms with van der Waals surface area (Å²) in [5, 5.41) is 7.42. The topological polar surface area (TPSA) is 53.1 Å². The number of rotatable bonds is 5. The number of hydrogen-bond acceptors (Lipinski definition) is 2. The number of nitrogens with two attached hydrogens (primary N) is 1. The van der Waals surface area contributed by atoms with Crippen LogP contribution in [0, 0.1) is 5.41 Å². The highest BCUT2D eigenvalue weighted by Gasteiger charge is 2.09. The van der Waals surface area contributed by atoms with Crippen molar-refractivity contribution in [2.24, 2.45) is 5.73 Å². The van der Waals surface area contributed by atoms with Gasteiger partial charge < -0.3 is 10.6 Å². The van der Waals surface area contributed by atoms with Crippen molar-refractivity contribution in [1.29, 1.82) is 5.41 Å². The van der Waals surface area contributed by atoms with Crippen molar-refractivity contribution in [2.75, 3.05) is 11.9 Å². The molecular weight excluding hydrogens is 198 g/mol. The highest BCUT2D eigenvalue weighted by atomic mass is 15.1. The molecule has 88 valence electrons. The van der Waals surface area contributed by atoms with Gasteiger partial charge in [0, 0.05) is 24.3 Å². The summed E-state index contributed by atoms with van der Waals surface area (Å²) in [6.07, 6.45) is 2.35. The molecule has 0 saturated carbocycles. The monoisotopic (exact) mass is 219 g/mol. The zero-order chi connectivity index (χ0) is 12.1. The Bertz CT molecular complexity index is 360. The van der Waals surface area contributed by atoms with Crippen molar-refractivity contribution in [3.8, 4) is 0 Å². The predicted molar refractivity (Wildman–Crippen MR) is 70.2 cm³/mol. The van der Waals surface area contributed by atoms with Gasteiger partial charge in [-0.1, -0.05) is 25.5 Å². The van der Waals surface area contributed by atoms with E-state index in [9.17, 15) is 0 Å². The molecule has 1 aromatic carbocycles. The highest BCUT2D eigenvalue weighted by molar-refractivity contribution is 5.95. The quantitative estimate of drug-likeness (QED) is 0.591. The van der Waals surface area contributed by atoms with Gasteiger partial charge >= 0.3 is 0 Å². The first-order valence-corrected chi connectivity index (χ1v) is 5.73. The molecular formula is C13H21N3. The van der Waals surface area contributed by atoms with E-state index in [4.69, 9.17) is 11.1 Å². The SMILES string of the molecule is CCCC(C)N(C)c1cccc(C(=N)N)c1. The predicted octanol–water partition coefficient (Wildman–Crippen LogP) is 2.60. The highest BCUT2D eigenvalue weighted by Crippen LogP contribution is 2.18. The molecule has 3 heteroatoms. The average Bonchev–Trinajstić information content (AvgIpc) is 2.28. The maximum absolute atomic E-state index is 7.42. The van der Waals surface area contributed by atoms with Gasteiger partial charge in [0.2, 0.25) is 0 Å². The van der Waals surface area contributed by atoms with Gasteiger partial charge in [-0.15, -0.1) is 0 Å². The number of anilines is 1. The lowest BCUT2D eigenvalue weighted by atomic mass is 10.1. The molecule has 1 atom stereocenters. The van der Waals surface area contributed by atoms with Crippen molar-refractivity contribution in [1.82, 2.24) is 0 Å². The van der Waals surface area contributed by atoms with Gasteiger partial charge in [0.25, 0.3) is 0 Å². The van der Waals surface area contributed by atoms with Crippen LogP contribution in [0.5, 0.6) is 0 Å². The lowest BCUT2D eigenvalue weighted by Gasteiger charge is -2.27. The standard InChI is InChI=1S/C13H21N3/c1-4-6-10(2)16(3)12-8-5-7-11(9-12)13(14)15/h5,7-10H,4,6H2,1-3H3,(H3,14,15). The van der Waals surface area contributed by atoms with Crippen LogP contribution in [0.15, 0.2) is 24.3 Å². The minimum Gasteiger partial charge on any atom is -0.384 e. The maximum Gasteiger partial charge on any atom is 0.122 e. The fourth-order valence-corrected chi connectivity index (χ4v) is 1.76. The normalized spacial score (nSPS) is 12.2. The Balaban J connectivity index is 2.86. The molecule has 0 spiro atoms. The Morgan fingerprint density at radius 2 is 2.19 bits per heavy atom. The zero-order valence-electron chi connectivity index (χ0n) is 10.3. The first-order chi connectivity index (χ1) is 7.56. The lowest BCUT2D eigenvalue weighted by Crippen LogP contribution is -2.28. The smallest absolute Gasteiger partial charge is 0.122 e. The van der Waals surface area contributed by atoms with Crippen LogP contribution >= 0.6 is 0 Å². The van der Waals surface area contributed by atoms with Crippen LogP contribution in [-0.4, -0.2) is 18.9 Å². The molecule has 0 bridgehead atoms. The van der Waals surface area contributed by atoms with E-state index in [1.54, 1.807) is 0 Å². The van der Waals surface area contributed by atoms with Crippen LogP contribution in [0.2, 0.25) is 0 Å². The molecule has 0 saturated heterocycles. The molecule has 3 N–H and O–H groups in total. The van der Waals surface area contributed by atoms with E-state index in [1.165, 1.54) is 12.8 Å². The number of nitrogens with one attached hydrogen (secondary N) is 1. The number of hydrogen-bond donors (Lipinski definition) is 2. The molecule has 0 radical (unpaired) electrons. The summed E-state index contributed by atoms with van der Waals surface area (Å²) in [5.74, 6) is 0.124. The summed E-state index contributed by atoms with van der Waals surface area (Å²) in [6.45, 7) is 4.40. The molecule has 0 aliphatic rings. The molecule has 0 aliphatic heterocycles. The molecule has 16 heavy (non-hydrogen) atoms. The van der Waals surface area contributed by atoms with Gasteiger partial charge in [-0.05, 0) is 25.5 Å². The summed E-state index contributed by atoms with van der Waals surface area (Å²) < 4.78 is 0. The lowest BCUT2D eigenvalue weighted by molar-refractivity contribution is 0.616. The van der Waals surface area contributed by atoms with Gasteiger partial charge in [0.1, 0.15) is 5.84 Å². The van der Waals surface area contributed by atoms with E-state index in [0.717, 1.165) is 11.3 Å². The second kappa shape index (κ2) is 5.54. The minimum atomic E-state index is 0.124. The van der Waals surface area contributed by atoms with Gasteiger partial charge in [0.05, 0.1) is 0 Å². The van der Waals surface area contributed by atoms with Crippen LogP contribution in [-0.2, 0) is 0 Å². The molecule has 0 heterocycles. The molecule has 1 rings (SSSR count). The molecule has 1 aromatic rings. The van der Waals surface area contributed by atoms with E-state index in [-0.39, 0.29) is 5.84 Å². The van der Waals surface area contributed by atoms with Crippen LogP contribution in [0.3, 0.4) is 0 Å². The van der Waals surface area contributed by atoms with Crippen LogP contribution in [0.25, 0.3) is 0 Å². The number of benzene rings is 1. The van der Waals surface area contributed by atoms with Gasteiger partial charge in [-0.25, -0.2) is 0 Å². The van der Waals surface area contributed by atoms with Crippen molar-refractivity contribution < 1.29 is 0 Å². The summed E-state index contributed by atoms with van der Waals surface area (Å²) >= 11 is 0. The van der Waals surface area contributed by atoms with Gasteiger partial charge in [0.15, 0.2) is 0 Å². The minimum absolute atomic E-state index is 0.124. The Hall–Kier alpha value is -1.51. The summed E-state index contributed by atoms with van der Waals surface area (Å²) in [5.41, 5.74) is 7.39. The number of nitrogens with zero attached hydrogens (tertiary/aromatic N) is 1. The molecule has 0 aliphatic carbocycles. The largest absolute Gasteiger partial charge is 0.384 e. The van der Waals surface area contributed by atoms with Gasteiger partial charge in [-0.3, -0.25) is 5.41 Å². The molecule has 1 unspecified atom stereocenters. The van der Waals surface area contributed by atoms with E-state index in [1.807, 2.05) is 18.2 Å². The maximum atomic E-state index is 7.42. The Labute approximate surface area is 97.8 Å². The first-order valence-electron chi connectivity index (χ1n) is 5.73. The number of nitrogen functional groups attached to an aromatic ring is 1. The summed E-state index contributed by atoms with van der Waals surface area (Å²) in [4.78, 5) is 2.23. The second-order valence-corrected chi connectivity index (χ2v) is 4.21. The van der Waals surface area contributed by atoms with E-state index < -0.39 is 0 Å². The third-order valence-corrected chi connectivity index (χ3v) is 2.93. The Morgan fingerprint density at radius 1 is 1.50 bits per heavy atom. The van der Waals surface area contributed by atoms with Crippen molar-refractivity contribution in [3.63, 3.8) is 0 Å². The Kier molecular flexibility index (Phi) is 4.35. The molecule has 0 amide bonds. The second-order valence-electron chi connectivity index (χ2n) is 4.21. The van der Waals surface area contributed by atoms with Crippen molar-refractivity contribution in [2.45, 2.75) is 32.7 Å². The van der Waals surface area contributed by atoms with Crippen LogP contribution < -0.4 is 10.6 Å². The van der Waals surface area contributed by atoms with Crippen LogP contribution in [0.4, 0.5) is 5.69 Å². The number of amidine groups is 1. The summed E-state index contributed by atoms with van der Waals surface area (Å²) in [7, 11) is 2.08. The third-order valence-electron chi connectivity index (χ3n) is 2.93. The van der Waals surface area contributed by atoms with Crippen molar-refractivity contribution in [3.05, 3.63) is 29.8 Å². The average molecular weight is 219 g/mol. The van der Waals surface area contributed by atoms with Gasteiger partial charge in [-0.2, -0.15) is 0 Å². The molecule has 0 aromatic heterocycles. The fourth-order valence-electron chi connectivity index (χ4n) is 1.76. The van der Waals surface area contributed by atoms with Crippen LogP contribution in [0.1, 0.15) is 32.3 Å².